The molecule has 21 heavy (non-hydrogen) atoms. The van der Waals surface area contributed by atoms with E-state index in [0.29, 0.717) is 6.54 Å². The number of benzene rings is 2. The summed E-state index contributed by atoms with van der Waals surface area (Å²) in [6.45, 7) is 1.19. The van der Waals surface area contributed by atoms with Crippen LogP contribution in [0.15, 0.2) is 48.5 Å². The fourth-order valence-electron chi connectivity index (χ4n) is 2.11. The van der Waals surface area contributed by atoms with Crippen LogP contribution < -0.4 is 15.4 Å². The molecule has 0 aliphatic rings. The number of hydrogen-bond acceptors (Lipinski definition) is 3. The molecule has 2 aromatic carbocycles. The van der Waals surface area contributed by atoms with Crippen molar-refractivity contribution in [2.75, 3.05) is 25.6 Å². The number of ether oxygens (including phenoxy) is 1. The van der Waals surface area contributed by atoms with Gasteiger partial charge in [-0.1, -0.05) is 30.0 Å². The monoisotopic (exact) mass is 280 g/mol. The molecule has 2 rings (SSSR count). The second kappa shape index (κ2) is 7.37. The van der Waals surface area contributed by atoms with Crippen molar-refractivity contribution in [3.05, 3.63) is 59.7 Å². The Morgan fingerprint density at radius 3 is 2.71 bits per heavy atom. The highest BCUT2D eigenvalue weighted by Gasteiger charge is 2.04. The molecule has 0 heterocycles. The molecular formula is C18H20N2O. The molecule has 3 heteroatoms. The van der Waals surface area contributed by atoms with E-state index in [2.05, 4.69) is 42.0 Å². The summed E-state index contributed by atoms with van der Waals surface area (Å²) in [6.07, 6.45) is 0. The van der Waals surface area contributed by atoms with Gasteiger partial charge in [0.15, 0.2) is 0 Å². The van der Waals surface area contributed by atoms with E-state index in [-0.39, 0.29) is 0 Å². The fraction of sp³-hybridized carbons (Fsp3) is 0.222. The number of nitrogens with two attached hydrogens (primary N) is 1. The average Bonchev–Trinajstić information content (AvgIpc) is 2.53. The molecule has 0 bridgehead atoms. The van der Waals surface area contributed by atoms with Crippen molar-refractivity contribution in [3.63, 3.8) is 0 Å². The van der Waals surface area contributed by atoms with Gasteiger partial charge in [0.2, 0.25) is 0 Å². The molecule has 0 saturated heterocycles. The highest BCUT2D eigenvalue weighted by Crippen LogP contribution is 2.21. The van der Waals surface area contributed by atoms with Crippen molar-refractivity contribution in [2.24, 2.45) is 5.73 Å². The van der Waals surface area contributed by atoms with Crippen LogP contribution in [-0.4, -0.2) is 20.7 Å². The first-order chi connectivity index (χ1) is 10.2. The maximum Gasteiger partial charge on any atom is 0.120 e. The topological polar surface area (TPSA) is 38.5 Å². The summed E-state index contributed by atoms with van der Waals surface area (Å²) < 4.78 is 5.26. The van der Waals surface area contributed by atoms with Crippen LogP contribution in [-0.2, 0) is 6.54 Å². The minimum Gasteiger partial charge on any atom is -0.497 e. The maximum atomic E-state index is 5.40. The van der Waals surface area contributed by atoms with E-state index in [1.807, 2.05) is 30.3 Å². The average molecular weight is 280 g/mol. The van der Waals surface area contributed by atoms with E-state index < -0.39 is 0 Å². The number of nitrogens with zero attached hydrogens (tertiary/aromatic N) is 1. The molecule has 2 aromatic rings. The summed E-state index contributed by atoms with van der Waals surface area (Å²) in [4.78, 5) is 2.18. The Bertz CT molecular complexity index is 656. The predicted molar refractivity (Wildman–Crippen MR) is 87.5 cm³/mol. The molecule has 0 radical (unpaired) electrons. The van der Waals surface area contributed by atoms with Gasteiger partial charge in [0.25, 0.3) is 0 Å². The van der Waals surface area contributed by atoms with Crippen molar-refractivity contribution in [3.8, 4) is 17.6 Å². The predicted octanol–water partition coefficient (Wildman–Crippen LogP) is 2.64. The first-order valence-corrected chi connectivity index (χ1v) is 6.86. The largest absolute Gasteiger partial charge is 0.497 e. The lowest BCUT2D eigenvalue weighted by Crippen LogP contribution is -2.16. The van der Waals surface area contributed by atoms with E-state index in [0.717, 1.165) is 23.5 Å². The molecule has 0 unspecified atom stereocenters. The van der Waals surface area contributed by atoms with Gasteiger partial charge in [0, 0.05) is 30.9 Å². The lowest BCUT2D eigenvalue weighted by atomic mass is 10.1. The van der Waals surface area contributed by atoms with E-state index in [4.69, 9.17) is 10.5 Å². The number of anilines is 1. The summed E-state index contributed by atoms with van der Waals surface area (Å²) in [5.74, 6) is 6.80. The summed E-state index contributed by atoms with van der Waals surface area (Å²) in [6, 6.07) is 16.3. The van der Waals surface area contributed by atoms with E-state index in [9.17, 15) is 0 Å². The Labute approximate surface area is 126 Å². The Hall–Kier alpha value is -2.44. The smallest absolute Gasteiger partial charge is 0.120 e. The van der Waals surface area contributed by atoms with Crippen LogP contribution in [0.1, 0.15) is 11.1 Å². The molecule has 3 nitrogen and oxygen atoms in total. The Balaban J connectivity index is 2.13. The van der Waals surface area contributed by atoms with E-state index in [1.165, 1.54) is 5.56 Å². The van der Waals surface area contributed by atoms with Gasteiger partial charge in [-0.05, 0) is 29.8 Å². The molecule has 0 aliphatic heterocycles. The normalized spacial score (nSPS) is 9.67. The zero-order valence-electron chi connectivity index (χ0n) is 12.5. The van der Waals surface area contributed by atoms with Crippen molar-refractivity contribution < 1.29 is 4.74 Å². The van der Waals surface area contributed by atoms with Crippen molar-refractivity contribution in [2.45, 2.75) is 6.54 Å². The SMILES string of the molecule is COc1cccc(N(C)Cc2cccc(C#CCN)c2)c1. The first-order valence-electron chi connectivity index (χ1n) is 6.86. The van der Waals surface area contributed by atoms with Crippen LogP contribution in [0.5, 0.6) is 5.75 Å². The zero-order valence-corrected chi connectivity index (χ0v) is 12.5. The van der Waals surface area contributed by atoms with Gasteiger partial charge in [-0.25, -0.2) is 0 Å². The Morgan fingerprint density at radius 2 is 1.95 bits per heavy atom. The molecule has 0 amide bonds. The van der Waals surface area contributed by atoms with Crippen LogP contribution in [0.25, 0.3) is 0 Å². The summed E-state index contributed by atoms with van der Waals surface area (Å²) in [5, 5.41) is 0. The standard InChI is InChI=1S/C18H20N2O/c1-20(17-9-4-10-18(13-17)21-2)14-16-7-3-6-15(12-16)8-5-11-19/h3-4,6-7,9-10,12-13H,11,14,19H2,1-2H3. The van der Waals surface area contributed by atoms with Crippen LogP contribution in [0.3, 0.4) is 0 Å². The van der Waals surface area contributed by atoms with Gasteiger partial charge in [-0.3, -0.25) is 0 Å². The van der Waals surface area contributed by atoms with Crippen molar-refractivity contribution in [1.82, 2.24) is 0 Å². The summed E-state index contributed by atoms with van der Waals surface area (Å²) in [5.41, 5.74) is 8.73. The Kier molecular flexibility index (Phi) is 5.25. The summed E-state index contributed by atoms with van der Waals surface area (Å²) >= 11 is 0. The van der Waals surface area contributed by atoms with Gasteiger partial charge in [-0.15, -0.1) is 0 Å². The van der Waals surface area contributed by atoms with Crippen molar-refractivity contribution >= 4 is 5.69 Å². The molecule has 0 spiro atoms. The maximum absolute atomic E-state index is 5.40. The highest BCUT2D eigenvalue weighted by atomic mass is 16.5. The van der Waals surface area contributed by atoms with Crippen LogP contribution in [0, 0.1) is 11.8 Å². The minimum atomic E-state index is 0.383. The van der Waals surface area contributed by atoms with E-state index >= 15 is 0 Å². The molecule has 108 valence electrons. The fourth-order valence-corrected chi connectivity index (χ4v) is 2.11. The third kappa shape index (κ3) is 4.27. The molecular weight excluding hydrogens is 260 g/mol. The quantitative estimate of drug-likeness (QED) is 0.875. The van der Waals surface area contributed by atoms with Gasteiger partial charge in [0.1, 0.15) is 5.75 Å². The molecule has 0 aromatic heterocycles. The summed E-state index contributed by atoms with van der Waals surface area (Å²) in [7, 11) is 3.74. The lowest BCUT2D eigenvalue weighted by Gasteiger charge is -2.20. The van der Waals surface area contributed by atoms with Gasteiger partial charge in [0.05, 0.1) is 13.7 Å². The van der Waals surface area contributed by atoms with Gasteiger partial charge in [-0.2, -0.15) is 0 Å². The molecule has 0 atom stereocenters. The molecule has 0 fully saturated rings. The van der Waals surface area contributed by atoms with Crippen molar-refractivity contribution in [1.29, 1.82) is 0 Å². The number of rotatable bonds is 4. The van der Waals surface area contributed by atoms with Crippen LogP contribution >= 0.6 is 0 Å². The van der Waals surface area contributed by atoms with E-state index in [1.54, 1.807) is 7.11 Å². The second-order valence-electron chi connectivity index (χ2n) is 4.76. The van der Waals surface area contributed by atoms with Gasteiger partial charge < -0.3 is 15.4 Å². The highest BCUT2D eigenvalue weighted by molar-refractivity contribution is 5.51. The van der Waals surface area contributed by atoms with Gasteiger partial charge >= 0.3 is 0 Å². The zero-order chi connectivity index (χ0) is 15.1. The third-order valence-electron chi connectivity index (χ3n) is 3.18. The lowest BCUT2D eigenvalue weighted by molar-refractivity contribution is 0.415. The molecule has 2 N–H and O–H groups in total. The number of hydrogen-bond donors (Lipinski definition) is 1. The van der Waals surface area contributed by atoms with Crippen LogP contribution in [0.2, 0.25) is 0 Å². The van der Waals surface area contributed by atoms with Crippen LogP contribution in [0.4, 0.5) is 5.69 Å². The first kappa shape index (κ1) is 15.0. The molecule has 0 saturated carbocycles. The third-order valence-corrected chi connectivity index (χ3v) is 3.18. The second-order valence-corrected chi connectivity index (χ2v) is 4.76. The number of methoxy groups -OCH3 is 1. The molecule has 0 aliphatic carbocycles. The Morgan fingerprint density at radius 1 is 1.14 bits per heavy atom. The minimum absolute atomic E-state index is 0.383.